The van der Waals surface area contributed by atoms with E-state index in [-0.39, 0.29) is 17.4 Å². The number of carbonyl (C=O) groups is 1. The van der Waals surface area contributed by atoms with Crippen LogP contribution in [0, 0.1) is 0 Å². The highest BCUT2D eigenvalue weighted by Crippen LogP contribution is 2.10. The monoisotopic (exact) mass is 271 g/mol. The van der Waals surface area contributed by atoms with Crippen molar-refractivity contribution in [1.82, 2.24) is 30.7 Å². The van der Waals surface area contributed by atoms with Gasteiger partial charge >= 0.3 is 0 Å². The van der Waals surface area contributed by atoms with Gasteiger partial charge in [-0.3, -0.25) is 4.79 Å². The standard InChI is InChI=1S/C12H13N7O/c13-11-10(17-19-18-11)12(20)14-6-5-9-15-7-3-1-2-4-8(7)16-9/h1-4H,5-6H2,(H,14,20)(H,15,16)(H3,13,17,18,19). The molecule has 0 aliphatic heterocycles. The van der Waals surface area contributed by atoms with Crippen LogP contribution in [0.2, 0.25) is 0 Å². The maximum Gasteiger partial charge on any atom is 0.275 e. The molecule has 0 saturated carbocycles. The number of hydrogen-bond acceptors (Lipinski definition) is 5. The van der Waals surface area contributed by atoms with Gasteiger partial charge in [-0.15, -0.1) is 10.2 Å². The molecular weight excluding hydrogens is 258 g/mol. The molecule has 1 amide bonds. The molecule has 102 valence electrons. The highest BCUT2D eigenvalue weighted by Gasteiger charge is 2.13. The van der Waals surface area contributed by atoms with Crippen molar-refractivity contribution in [3.63, 3.8) is 0 Å². The van der Waals surface area contributed by atoms with E-state index in [1.165, 1.54) is 0 Å². The second-order valence-corrected chi connectivity index (χ2v) is 4.26. The van der Waals surface area contributed by atoms with Crippen LogP contribution in [0.15, 0.2) is 24.3 Å². The molecule has 20 heavy (non-hydrogen) atoms. The van der Waals surface area contributed by atoms with Gasteiger partial charge in [0.05, 0.1) is 11.0 Å². The molecule has 5 N–H and O–H groups in total. The first-order valence-corrected chi connectivity index (χ1v) is 6.12. The Kier molecular flexibility index (Phi) is 3.04. The van der Waals surface area contributed by atoms with Crippen molar-refractivity contribution in [2.45, 2.75) is 6.42 Å². The molecule has 8 heteroatoms. The van der Waals surface area contributed by atoms with Gasteiger partial charge in [-0.05, 0) is 12.1 Å². The van der Waals surface area contributed by atoms with Crippen molar-refractivity contribution >= 4 is 22.8 Å². The Hall–Kier alpha value is -2.90. The van der Waals surface area contributed by atoms with Crippen LogP contribution >= 0.6 is 0 Å². The third-order valence-corrected chi connectivity index (χ3v) is 2.88. The molecule has 0 spiro atoms. The largest absolute Gasteiger partial charge is 0.380 e. The first-order chi connectivity index (χ1) is 9.74. The molecule has 0 atom stereocenters. The lowest BCUT2D eigenvalue weighted by atomic mass is 10.3. The molecule has 3 aromatic rings. The summed E-state index contributed by atoms with van der Waals surface area (Å²) in [5.74, 6) is 0.554. The maximum absolute atomic E-state index is 11.7. The van der Waals surface area contributed by atoms with Gasteiger partial charge in [0.25, 0.3) is 5.91 Å². The van der Waals surface area contributed by atoms with E-state index in [0.717, 1.165) is 16.9 Å². The summed E-state index contributed by atoms with van der Waals surface area (Å²) in [6.07, 6.45) is 0.595. The second-order valence-electron chi connectivity index (χ2n) is 4.26. The second kappa shape index (κ2) is 5.00. The molecule has 8 nitrogen and oxygen atoms in total. The summed E-state index contributed by atoms with van der Waals surface area (Å²) in [5, 5.41) is 12.3. The van der Waals surface area contributed by atoms with Crippen LogP contribution in [-0.4, -0.2) is 37.8 Å². The predicted molar refractivity (Wildman–Crippen MR) is 72.9 cm³/mol. The third kappa shape index (κ3) is 2.30. The van der Waals surface area contributed by atoms with Crippen molar-refractivity contribution < 1.29 is 4.79 Å². The van der Waals surface area contributed by atoms with Gasteiger partial charge in [0.15, 0.2) is 11.5 Å². The molecule has 2 aromatic heterocycles. The number of nitrogens with one attached hydrogen (secondary N) is 3. The van der Waals surface area contributed by atoms with Crippen molar-refractivity contribution in [1.29, 1.82) is 0 Å². The van der Waals surface area contributed by atoms with E-state index in [0.29, 0.717) is 13.0 Å². The van der Waals surface area contributed by atoms with E-state index in [1.807, 2.05) is 24.3 Å². The summed E-state index contributed by atoms with van der Waals surface area (Å²) in [5.41, 5.74) is 7.49. The number of rotatable bonds is 4. The SMILES string of the molecule is Nc1n[nH]nc1C(=O)NCCc1nc2ccccc2[nH]1. The van der Waals surface area contributed by atoms with Gasteiger partial charge < -0.3 is 16.0 Å². The number of aromatic nitrogens is 5. The Morgan fingerprint density at radius 2 is 2.15 bits per heavy atom. The van der Waals surface area contributed by atoms with Crippen molar-refractivity contribution in [2.24, 2.45) is 0 Å². The van der Waals surface area contributed by atoms with Crippen LogP contribution in [0.3, 0.4) is 0 Å². The van der Waals surface area contributed by atoms with E-state index in [9.17, 15) is 4.79 Å². The lowest BCUT2D eigenvalue weighted by Gasteiger charge is -2.01. The third-order valence-electron chi connectivity index (χ3n) is 2.88. The Morgan fingerprint density at radius 3 is 2.90 bits per heavy atom. The zero-order chi connectivity index (χ0) is 13.9. The average Bonchev–Trinajstić information content (AvgIpc) is 3.04. The van der Waals surface area contributed by atoms with Crippen molar-refractivity contribution in [3.8, 4) is 0 Å². The van der Waals surface area contributed by atoms with E-state index < -0.39 is 0 Å². The quantitative estimate of drug-likeness (QED) is 0.540. The summed E-state index contributed by atoms with van der Waals surface area (Å²) in [7, 11) is 0. The molecule has 0 unspecified atom stereocenters. The Balaban J connectivity index is 1.60. The molecule has 1 aromatic carbocycles. The summed E-state index contributed by atoms with van der Waals surface area (Å²) in [6.45, 7) is 0.435. The van der Waals surface area contributed by atoms with Crippen LogP contribution in [0.4, 0.5) is 5.82 Å². The molecule has 0 aliphatic carbocycles. The fourth-order valence-electron chi connectivity index (χ4n) is 1.91. The van der Waals surface area contributed by atoms with Crippen LogP contribution < -0.4 is 11.1 Å². The minimum atomic E-state index is -0.354. The molecular formula is C12H13N7O. The Morgan fingerprint density at radius 1 is 1.30 bits per heavy atom. The van der Waals surface area contributed by atoms with Gasteiger partial charge in [-0.25, -0.2) is 4.98 Å². The molecule has 0 bridgehead atoms. The van der Waals surface area contributed by atoms with Crippen LogP contribution in [0.1, 0.15) is 16.3 Å². The number of hydrogen-bond donors (Lipinski definition) is 4. The smallest absolute Gasteiger partial charge is 0.275 e. The Bertz CT molecular complexity index is 712. The molecule has 3 rings (SSSR count). The number of fused-ring (bicyclic) bond motifs is 1. The number of amides is 1. The minimum absolute atomic E-state index is 0.0891. The number of H-pyrrole nitrogens is 2. The number of anilines is 1. The first kappa shape index (κ1) is 12.2. The number of nitrogens with two attached hydrogens (primary N) is 1. The average molecular weight is 271 g/mol. The summed E-state index contributed by atoms with van der Waals surface area (Å²) < 4.78 is 0. The highest BCUT2D eigenvalue weighted by molar-refractivity contribution is 5.96. The van der Waals surface area contributed by atoms with Gasteiger partial charge in [-0.1, -0.05) is 12.1 Å². The summed E-state index contributed by atoms with van der Waals surface area (Å²) in [4.78, 5) is 19.4. The van der Waals surface area contributed by atoms with E-state index in [4.69, 9.17) is 5.73 Å². The molecule has 0 aliphatic rings. The zero-order valence-electron chi connectivity index (χ0n) is 10.6. The van der Waals surface area contributed by atoms with Crippen LogP contribution in [0.25, 0.3) is 11.0 Å². The van der Waals surface area contributed by atoms with Gasteiger partial charge in [-0.2, -0.15) is 5.21 Å². The number of carbonyl (C=O) groups excluding carboxylic acids is 1. The van der Waals surface area contributed by atoms with Crippen LogP contribution in [0.5, 0.6) is 0 Å². The zero-order valence-corrected chi connectivity index (χ0v) is 10.6. The molecule has 0 fully saturated rings. The summed E-state index contributed by atoms with van der Waals surface area (Å²) in [6, 6.07) is 7.77. The van der Waals surface area contributed by atoms with Gasteiger partial charge in [0, 0.05) is 13.0 Å². The van der Waals surface area contributed by atoms with E-state index in [2.05, 4.69) is 30.7 Å². The lowest BCUT2D eigenvalue weighted by molar-refractivity contribution is 0.0950. The van der Waals surface area contributed by atoms with Crippen LogP contribution in [-0.2, 0) is 6.42 Å². The normalized spacial score (nSPS) is 10.8. The molecule has 0 saturated heterocycles. The Labute approximate surface area is 113 Å². The first-order valence-electron chi connectivity index (χ1n) is 6.12. The van der Waals surface area contributed by atoms with Gasteiger partial charge in [0.2, 0.25) is 0 Å². The topological polar surface area (TPSA) is 125 Å². The van der Waals surface area contributed by atoms with Gasteiger partial charge in [0.1, 0.15) is 5.82 Å². The minimum Gasteiger partial charge on any atom is -0.380 e. The van der Waals surface area contributed by atoms with Crippen molar-refractivity contribution in [3.05, 3.63) is 35.8 Å². The summed E-state index contributed by atoms with van der Waals surface area (Å²) >= 11 is 0. The number of benzene rings is 1. The highest BCUT2D eigenvalue weighted by atomic mass is 16.2. The number of aromatic amines is 2. The predicted octanol–water partition coefficient (Wildman–Crippen LogP) is 0.236. The fourth-order valence-corrected chi connectivity index (χ4v) is 1.91. The maximum atomic E-state index is 11.7. The molecule has 2 heterocycles. The van der Waals surface area contributed by atoms with Crippen molar-refractivity contribution in [2.75, 3.05) is 12.3 Å². The number of para-hydroxylation sites is 2. The van der Waals surface area contributed by atoms with E-state index >= 15 is 0 Å². The number of imidazole rings is 1. The number of nitrogens with zero attached hydrogens (tertiary/aromatic N) is 3. The molecule has 0 radical (unpaired) electrons. The fraction of sp³-hybridized carbons (Fsp3) is 0.167. The number of nitrogen functional groups attached to an aromatic ring is 1. The van der Waals surface area contributed by atoms with E-state index in [1.54, 1.807) is 0 Å². The lowest BCUT2D eigenvalue weighted by Crippen LogP contribution is -2.27.